The van der Waals surface area contributed by atoms with Crippen LogP contribution >= 0.6 is 0 Å². The Balaban J connectivity index is 2.71. The lowest BCUT2D eigenvalue weighted by molar-refractivity contribution is -0.149. The molecule has 1 saturated carbocycles. The van der Waals surface area contributed by atoms with Crippen molar-refractivity contribution in [2.75, 3.05) is 13.7 Å². The molecule has 3 heteroatoms. The second-order valence-electron chi connectivity index (χ2n) is 5.21. The van der Waals surface area contributed by atoms with Crippen molar-refractivity contribution in [1.82, 2.24) is 5.32 Å². The van der Waals surface area contributed by atoms with E-state index in [0.29, 0.717) is 0 Å². The van der Waals surface area contributed by atoms with Gasteiger partial charge in [-0.25, -0.2) is 0 Å². The first-order chi connectivity index (χ1) is 8.18. The molecule has 0 spiro atoms. The normalized spacial score (nSPS) is 29.7. The molecule has 100 valence electrons. The van der Waals surface area contributed by atoms with Crippen molar-refractivity contribution in [3.05, 3.63) is 0 Å². The second-order valence-corrected chi connectivity index (χ2v) is 5.21. The summed E-state index contributed by atoms with van der Waals surface area (Å²) >= 11 is 0. The predicted octanol–water partition coefficient (Wildman–Crippen LogP) is 2.89. The molecular formula is C14H27NO2. The molecule has 2 unspecified atom stereocenters. The Morgan fingerprint density at radius 3 is 2.71 bits per heavy atom. The quantitative estimate of drug-likeness (QED) is 0.594. The van der Waals surface area contributed by atoms with Gasteiger partial charge in [0.2, 0.25) is 0 Å². The summed E-state index contributed by atoms with van der Waals surface area (Å²) in [4.78, 5) is 12.1. The molecule has 0 bridgehead atoms. The van der Waals surface area contributed by atoms with E-state index in [4.69, 9.17) is 4.74 Å². The van der Waals surface area contributed by atoms with Gasteiger partial charge in [0.05, 0.1) is 7.11 Å². The molecule has 17 heavy (non-hydrogen) atoms. The third-order valence-electron chi connectivity index (χ3n) is 4.06. The van der Waals surface area contributed by atoms with Crippen LogP contribution in [-0.2, 0) is 9.53 Å². The molecule has 0 aliphatic heterocycles. The summed E-state index contributed by atoms with van der Waals surface area (Å²) in [6.45, 7) is 5.27. The van der Waals surface area contributed by atoms with Crippen molar-refractivity contribution in [3.63, 3.8) is 0 Å². The standard InChI is InChI=1S/C14H27NO2/c1-4-11-15-14(13(16)17-3)9-6-7-12(5-2)8-10-14/h12,15H,4-11H2,1-3H3. The zero-order valence-corrected chi connectivity index (χ0v) is 11.6. The number of rotatable bonds is 5. The van der Waals surface area contributed by atoms with Crippen LogP contribution in [0.2, 0.25) is 0 Å². The highest BCUT2D eigenvalue weighted by Gasteiger charge is 2.40. The van der Waals surface area contributed by atoms with Crippen LogP contribution in [0.25, 0.3) is 0 Å². The smallest absolute Gasteiger partial charge is 0.326 e. The van der Waals surface area contributed by atoms with Gasteiger partial charge in [-0.2, -0.15) is 0 Å². The van der Waals surface area contributed by atoms with Crippen LogP contribution in [0, 0.1) is 5.92 Å². The van der Waals surface area contributed by atoms with Gasteiger partial charge in [-0.05, 0) is 38.1 Å². The molecule has 0 aromatic heterocycles. The molecule has 1 fully saturated rings. The minimum Gasteiger partial charge on any atom is -0.468 e. The Hall–Kier alpha value is -0.570. The first-order valence-corrected chi connectivity index (χ1v) is 7.02. The summed E-state index contributed by atoms with van der Waals surface area (Å²) in [7, 11) is 1.50. The van der Waals surface area contributed by atoms with Crippen molar-refractivity contribution in [2.45, 2.75) is 64.3 Å². The number of carbonyl (C=O) groups is 1. The number of carbonyl (C=O) groups excluding carboxylic acids is 1. The van der Waals surface area contributed by atoms with E-state index in [0.717, 1.165) is 44.6 Å². The van der Waals surface area contributed by atoms with E-state index in [1.165, 1.54) is 20.0 Å². The third kappa shape index (κ3) is 3.70. The molecule has 0 amide bonds. The molecule has 1 aliphatic rings. The Morgan fingerprint density at radius 2 is 2.12 bits per heavy atom. The summed E-state index contributed by atoms with van der Waals surface area (Å²) in [5.41, 5.74) is -0.408. The van der Waals surface area contributed by atoms with Crippen molar-refractivity contribution < 1.29 is 9.53 Å². The highest BCUT2D eigenvalue weighted by molar-refractivity contribution is 5.80. The van der Waals surface area contributed by atoms with Gasteiger partial charge in [0.25, 0.3) is 0 Å². The molecule has 0 saturated heterocycles. The fourth-order valence-electron chi connectivity index (χ4n) is 2.83. The Morgan fingerprint density at radius 1 is 1.35 bits per heavy atom. The molecule has 2 atom stereocenters. The van der Waals surface area contributed by atoms with Gasteiger partial charge >= 0.3 is 5.97 Å². The predicted molar refractivity (Wildman–Crippen MR) is 69.9 cm³/mol. The van der Waals surface area contributed by atoms with Crippen molar-refractivity contribution in [3.8, 4) is 0 Å². The fraction of sp³-hybridized carbons (Fsp3) is 0.929. The average molecular weight is 241 g/mol. The third-order valence-corrected chi connectivity index (χ3v) is 4.06. The second kappa shape index (κ2) is 7.00. The van der Waals surface area contributed by atoms with Gasteiger partial charge in [0.15, 0.2) is 0 Å². The molecular weight excluding hydrogens is 214 g/mol. The molecule has 1 aliphatic carbocycles. The zero-order chi connectivity index (χ0) is 12.7. The average Bonchev–Trinajstić information content (AvgIpc) is 2.58. The van der Waals surface area contributed by atoms with Gasteiger partial charge < -0.3 is 10.1 Å². The van der Waals surface area contributed by atoms with Gasteiger partial charge in [0, 0.05) is 0 Å². The van der Waals surface area contributed by atoms with E-state index in [-0.39, 0.29) is 5.97 Å². The van der Waals surface area contributed by atoms with Gasteiger partial charge in [-0.3, -0.25) is 4.79 Å². The Bertz CT molecular complexity index is 242. The van der Waals surface area contributed by atoms with Crippen LogP contribution in [0.15, 0.2) is 0 Å². The lowest BCUT2D eigenvalue weighted by Gasteiger charge is -2.31. The maximum absolute atomic E-state index is 12.1. The number of nitrogens with one attached hydrogen (secondary N) is 1. The maximum atomic E-state index is 12.1. The minimum absolute atomic E-state index is 0.0669. The van der Waals surface area contributed by atoms with E-state index in [1.807, 2.05) is 0 Å². The summed E-state index contributed by atoms with van der Waals surface area (Å²) in [6.07, 6.45) is 7.66. The number of methoxy groups -OCH3 is 1. The minimum atomic E-state index is -0.408. The SMILES string of the molecule is CCCNC1(C(=O)OC)CCCC(CC)CC1. The summed E-state index contributed by atoms with van der Waals surface area (Å²) < 4.78 is 5.01. The van der Waals surface area contributed by atoms with Crippen molar-refractivity contribution in [2.24, 2.45) is 5.92 Å². The van der Waals surface area contributed by atoms with Crippen molar-refractivity contribution >= 4 is 5.97 Å². The molecule has 0 aromatic carbocycles. The van der Waals surface area contributed by atoms with E-state index in [9.17, 15) is 4.79 Å². The van der Waals surface area contributed by atoms with Crippen LogP contribution < -0.4 is 5.32 Å². The highest BCUT2D eigenvalue weighted by atomic mass is 16.5. The number of hydrogen-bond donors (Lipinski definition) is 1. The molecule has 0 heterocycles. The number of hydrogen-bond acceptors (Lipinski definition) is 3. The molecule has 1 N–H and O–H groups in total. The Labute approximate surface area is 105 Å². The number of esters is 1. The molecule has 1 rings (SSSR count). The highest BCUT2D eigenvalue weighted by Crippen LogP contribution is 2.32. The number of ether oxygens (including phenoxy) is 1. The summed E-state index contributed by atoms with van der Waals surface area (Å²) in [5.74, 6) is 0.715. The van der Waals surface area contributed by atoms with Crippen LogP contribution in [0.1, 0.15) is 58.8 Å². The fourth-order valence-corrected chi connectivity index (χ4v) is 2.83. The van der Waals surface area contributed by atoms with Gasteiger partial charge in [0.1, 0.15) is 5.54 Å². The zero-order valence-electron chi connectivity index (χ0n) is 11.6. The van der Waals surface area contributed by atoms with E-state index in [2.05, 4.69) is 19.2 Å². The van der Waals surface area contributed by atoms with Gasteiger partial charge in [-0.1, -0.05) is 33.1 Å². The van der Waals surface area contributed by atoms with Crippen molar-refractivity contribution in [1.29, 1.82) is 0 Å². The Kier molecular flexibility index (Phi) is 5.96. The lowest BCUT2D eigenvalue weighted by Crippen LogP contribution is -2.52. The molecule has 3 nitrogen and oxygen atoms in total. The largest absolute Gasteiger partial charge is 0.468 e. The maximum Gasteiger partial charge on any atom is 0.326 e. The van der Waals surface area contributed by atoms with E-state index in [1.54, 1.807) is 0 Å². The molecule has 0 radical (unpaired) electrons. The molecule has 0 aromatic rings. The van der Waals surface area contributed by atoms with E-state index < -0.39 is 5.54 Å². The first-order valence-electron chi connectivity index (χ1n) is 7.02. The first kappa shape index (κ1) is 14.5. The van der Waals surface area contributed by atoms with Crippen LogP contribution in [-0.4, -0.2) is 25.2 Å². The van der Waals surface area contributed by atoms with Gasteiger partial charge in [-0.15, -0.1) is 0 Å². The van der Waals surface area contributed by atoms with Crippen LogP contribution in [0.3, 0.4) is 0 Å². The monoisotopic (exact) mass is 241 g/mol. The topological polar surface area (TPSA) is 38.3 Å². The lowest BCUT2D eigenvalue weighted by atomic mass is 9.89. The summed E-state index contributed by atoms with van der Waals surface area (Å²) in [5, 5.41) is 3.45. The summed E-state index contributed by atoms with van der Waals surface area (Å²) in [6, 6.07) is 0. The van der Waals surface area contributed by atoms with Crippen LogP contribution in [0.5, 0.6) is 0 Å². The van der Waals surface area contributed by atoms with Crippen LogP contribution in [0.4, 0.5) is 0 Å². The van der Waals surface area contributed by atoms with E-state index >= 15 is 0 Å².